The number of piperidine rings is 3. The molecule has 3 aliphatic heterocycles. The molecule has 0 amide bonds. The summed E-state index contributed by atoms with van der Waals surface area (Å²) in [5.74, 6) is 0.328. The molecule has 3 atom stereocenters. The molecule has 3 saturated heterocycles. The first kappa shape index (κ1) is 20.6. The largest absolute Gasteiger partial charge is 0.481 e. The van der Waals surface area contributed by atoms with Crippen LogP contribution in [-0.4, -0.2) is 40.3 Å². The molecule has 4 heteroatoms. The first-order valence-electron chi connectivity index (χ1n) is 10.2. The van der Waals surface area contributed by atoms with Crippen molar-refractivity contribution >= 4 is 5.97 Å². The highest BCUT2D eigenvalue weighted by Gasteiger charge is 2.54. The van der Waals surface area contributed by atoms with Crippen LogP contribution < -0.4 is 0 Å². The molecule has 2 N–H and O–H groups in total. The monoisotopic (exact) mass is 381 g/mol. The van der Waals surface area contributed by atoms with Gasteiger partial charge in [0.1, 0.15) is 0 Å². The Balaban J connectivity index is 0.000000516. The molecule has 0 saturated carbocycles. The summed E-state index contributed by atoms with van der Waals surface area (Å²) in [5, 5.41) is 17.8. The lowest BCUT2D eigenvalue weighted by molar-refractivity contribution is -0.134. The van der Waals surface area contributed by atoms with Gasteiger partial charge in [-0.15, -0.1) is 0 Å². The smallest absolute Gasteiger partial charge is 0.300 e. The van der Waals surface area contributed by atoms with E-state index in [2.05, 4.69) is 65.6 Å². The Morgan fingerprint density at radius 1 is 1.07 bits per heavy atom. The molecule has 4 nitrogen and oxygen atoms in total. The van der Waals surface area contributed by atoms with Crippen molar-refractivity contribution < 1.29 is 15.0 Å². The number of aliphatic hydroxyl groups excluding tert-OH is 1. The number of hydrogen-bond acceptors (Lipinski definition) is 3. The Labute approximate surface area is 167 Å². The predicted molar refractivity (Wildman–Crippen MR) is 111 cm³/mol. The van der Waals surface area contributed by atoms with Crippen LogP contribution in [0.3, 0.4) is 0 Å². The van der Waals surface area contributed by atoms with Crippen LogP contribution in [0, 0.1) is 5.92 Å². The first-order chi connectivity index (χ1) is 13.4. The maximum absolute atomic E-state index is 10.4. The molecule has 0 aliphatic carbocycles. The van der Waals surface area contributed by atoms with Crippen molar-refractivity contribution in [1.82, 2.24) is 4.90 Å². The third-order valence-electron chi connectivity index (χ3n) is 6.13. The van der Waals surface area contributed by atoms with Crippen molar-refractivity contribution in [2.45, 2.75) is 50.7 Å². The number of hydrogen-bond donors (Lipinski definition) is 2. The van der Waals surface area contributed by atoms with Gasteiger partial charge in [0, 0.05) is 12.8 Å². The van der Waals surface area contributed by atoms with Crippen LogP contribution in [-0.2, 0) is 10.3 Å². The van der Waals surface area contributed by atoms with Gasteiger partial charge in [-0.25, -0.2) is 0 Å². The van der Waals surface area contributed by atoms with E-state index in [9.17, 15) is 5.11 Å². The van der Waals surface area contributed by atoms with Crippen molar-refractivity contribution in [3.8, 4) is 0 Å². The number of aliphatic carboxylic acids is 1. The molecule has 0 spiro atoms. The van der Waals surface area contributed by atoms with Gasteiger partial charge in [-0.3, -0.25) is 9.69 Å². The van der Waals surface area contributed by atoms with Crippen LogP contribution in [0.5, 0.6) is 0 Å². The van der Waals surface area contributed by atoms with Crippen LogP contribution in [0.1, 0.15) is 50.2 Å². The Morgan fingerprint density at radius 2 is 1.57 bits per heavy atom. The third-order valence-corrected chi connectivity index (χ3v) is 6.13. The Hall–Kier alpha value is -2.17. The quantitative estimate of drug-likeness (QED) is 0.831. The maximum atomic E-state index is 10.4. The number of rotatable bonds is 4. The number of carboxylic acids is 1. The van der Waals surface area contributed by atoms with Crippen molar-refractivity contribution in [3.63, 3.8) is 0 Å². The minimum absolute atomic E-state index is 0.0854. The fourth-order valence-electron chi connectivity index (χ4n) is 5.34. The summed E-state index contributed by atoms with van der Waals surface area (Å²) in [6.45, 7) is 5.32. The molecule has 3 fully saturated rings. The van der Waals surface area contributed by atoms with E-state index in [0.29, 0.717) is 11.8 Å². The molecule has 28 heavy (non-hydrogen) atoms. The van der Waals surface area contributed by atoms with Gasteiger partial charge < -0.3 is 10.2 Å². The Kier molecular flexibility index (Phi) is 6.53. The van der Waals surface area contributed by atoms with Gasteiger partial charge in [-0.2, -0.15) is 0 Å². The number of aliphatic hydroxyl groups is 1. The highest BCUT2D eigenvalue weighted by atomic mass is 16.4. The number of carbonyl (C=O) groups is 1. The molecule has 3 aliphatic rings. The van der Waals surface area contributed by atoms with Crippen LogP contribution in [0.15, 0.2) is 60.7 Å². The van der Waals surface area contributed by atoms with E-state index < -0.39 is 5.97 Å². The average molecular weight is 382 g/mol. The van der Waals surface area contributed by atoms with Crippen LogP contribution >= 0.6 is 0 Å². The van der Waals surface area contributed by atoms with Crippen LogP contribution in [0.25, 0.3) is 0 Å². The van der Waals surface area contributed by atoms with Gasteiger partial charge in [-0.1, -0.05) is 60.7 Å². The molecular formula is C24H31NO3. The van der Waals surface area contributed by atoms with Crippen molar-refractivity contribution in [2.24, 2.45) is 5.92 Å². The summed E-state index contributed by atoms with van der Waals surface area (Å²) in [6.07, 6.45) is 3.03. The average Bonchev–Trinajstić information content (AvgIpc) is 2.69. The highest BCUT2D eigenvalue weighted by molar-refractivity contribution is 5.62. The first-order valence-corrected chi connectivity index (χ1v) is 10.2. The molecule has 0 radical (unpaired) electrons. The second-order valence-electron chi connectivity index (χ2n) is 8.08. The second-order valence-corrected chi connectivity index (χ2v) is 8.08. The predicted octanol–water partition coefficient (Wildman–Crippen LogP) is 4.25. The minimum atomic E-state index is -0.833. The van der Waals surface area contributed by atoms with E-state index >= 15 is 0 Å². The van der Waals surface area contributed by atoms with E-state index in [1.165, 1.54) is 24.0 Å². The number of nitrogens with zero attached hydrogens (tertiary/aromatic N) is 1. The summed E-state index contributed by atoms with van der Waals surface area (Å²) in [6, 6.07) is 21.9. The molecule has 150 valence electrons. The molecular weight excluding hydrogens is 350 g/mol. The summed E-state index contributed by atoms with van der Waals surface area (Å²) >= 11 is 0. The molecule has 0 aromatic heterocycles. The number of carboxylic acid groups (broad SMARTS) is 1. The zero-order valence-electron chi connectivity index (χ0n) is 16.8. The van der Waals surface area contributed by atoms with Crippen LogP contribution in [0.2, 0.25) is 0 Å². The third kappa shape index (κ3) is 4.13. The second kappa shape index (κ2) is 8.89. The molecule has 3 unspecified atom stereocenters. The number of fused-ring (bicyclic) bond motifs is 3. The normalized spacial score (nSPS) is 29.5. The Bertz CT molecular complexity index is 750. The zero-order chi connectivity index (χ0) is 20.1. The molecule has 2 aromatic carbocycles. The summed E-state index contributed by atoms with van der Waals surface area (Å²) < 4.78 is 0. The molecule has 2 aromatic rings. The fourth-order valence-corrected chi connectivity index (χ4v) is 5.34. The van der Waals surface area contributed by atoms with Crippen molar-refractivity contribution in [1.29, 1.82) is 0 Å². The van der Waals surface area contributed by atoms with Gasteiger partial charge in [-0.05, 0) is 56.3 Å². The fraction of sp³-hybridized carbons (Fsp3) is 0.458. The van der Waals surface area contributed by atoms with Crippen molar-refractivity contribution in [3.05, 3.63) is 71.8 Å². The standard InChI is InChI=1S/C22H27NO.C2H4O2/c1-17(24)16-22(20-10-6-3-7-11-20)21(18-8-4-2-5-9-18)19-12-14-23(22)15-13-19;1-2(3)4/h2-11,17,19,21,24H,12-16H2,1H3;1H3,(H,3,4). The summed E-state index contributed by atoms with van der Waals surface area (Å²) in [5.41, 5.74) is 2.71. The van der Waals surface area contributed by atoms with Gasteiger partial charge in [0.05, 0.1) is 11.6 Å². The Morgan fingerprint density at radius 3 is 2.07 bits per heavy atom. The minimum Gasteiger partial charge on any atom is -0.481 e. The summed E-state index contributed by atoms with van der Waals surface area (Å²) in [7, 11) is 0. The maximum Gasteiger partial charge on any atom is 0.300 e. The molecule has 2 bridgehead atoms. The van der Waals surface area contributed by atoms with E-state index in [1.54, 1.807) is 0 Å². The highest BCUT2D eigenvalue weighted by Crippen LogP contribution is 2.56. The van der Waals surface area contributed by atoms with E-state index in [1.807, 2.05) is 6.92 Å². The van der Waals surface area contributed by atoms with Crippen molar-refractivity contribution in [2.75, 3.05) is 13.1 Å². The lowest BCUT2D eigenvalue weighted by Crippen LogP contribution is -2.61. The van der Waals surface area contributed by atoms with E-state index in [-0.39, 0.29) is 11.6 Å². The summed E-state index contributed by atoms with van der Waals surface area (Å²) in [4.78, 5) is 11.7. The number of benzene rings is 2. The zero-order valence-corrected chi connectivity index (χ0v) is 16.8. The lowest BCUT2D eigenvalue weighted by Gasteiger charge is -2.60. The molecule has 3 heterocycles. The van der Waals surface area contributed by atoms with Gasteiger partial charge in [0.25, 0.3) is 5.97 Å². The SMILES string of the molecule is CC(=O)O.CC(O)CC1(c2ccccc2)C(c2ccccc2)C2CCN1CC2. The topological polar surface area (TPSA) is 60.8 Å². The lowest BCUT2D eigenvalue weighted by atomic mass is 9.59. The van der Waals surface area contributed by atoms with Gasteiger partial charge in [0.15, 0.2) is 0 Å². The van der Waals surface area contributed by atoms with Gasteiger partial charge in [0.2, 0.25) is 0 Å². The van der Waals surface area contributed by atoms with Crippen LogP contribution in [0.4, 0.5) is 0 Å². The van der Waals surface area contributed by atoms with E-state index in [4.69, 9.17) is 9.90 Å². The molecule has 5 rings (SSSR count). The van der Waals surface area contributed by atoms with E-state index in [0.717, 1.165) is 26.4 Å². The van der Waals surface area contributed by atoms with Gasteiger partial charge >= 0.3 is 0 Å².